The van der Waals surface area contributed by atoms with E-state index in [9.17, 15) is 0 Å². The number of imidazole rings is 1. The van der Waals surface area contributed by atoms with Gasteiger partial charge in [0.15, 0.2) is 0 Å². The zero-order valence-electron chi connectivity index (χ0n) is 10.5. The van der Waals surface area contributed by atoms with Crippen molar-refractivity contribution in [1.29, 1.82) is 0 Å². The summed E-state index contributed by atoms with van der Waals surface area (Å²) in [4.78, 5) is 7.28. The van der Waals surface area contributed by atoms with Crippen molar-refractivity contribution in [2.24, 2.45) is 0 Å². The maximum Gasteiger partial charge on any atom is 0.107 e. The van der Waals surface area contributed by atoms with Crippen molar-refractivity contribution in [2.45, 2.75) is 38.0 Å². The summed E-state index contributed by atoms with van der Waals surface area (Å²) in [5, 5.41) is 3.48. The normalized spacial score (nSPS) is 28.0. The highest BCUT2D eigenvalue weighted by Crippen LogP contribution is 2.26. The van der Waals surface area contributed by atoms with Gasteiger partial charge in [0.1, 0.15) is 5.82 Å². The Labute approximate surface area is 102 Å². The third-order valence-electron chi connectivity index (χ3n) is 3.23. The fourth-order valence-corrected chi connectivity index (χ4v) is 2.28. The van der Waals surface area contributed by atoms with Crippen LogP contribution in [0.3, 0.4) is 0 Å². The van der Waals surface area contributed by atoms with E-state index in [4.69, 9.17) is 9.47 Å². The monoisotopic (exact) mass is 239 g/mol. The van der Waals surface area contributed by atoms with Crippen molar-refractivity contribution in [2.75, 3.05) is 20.3 Å². The first-order valence-electron chi connectivity index (χ1n) is 6.21. The molecule has 0 aromatic carbocycles. The van der Waals surface area contributed by atoms with E-state index in [1.165, 1.54) is 0 Å². The van der Waals surface area contributed by atoms with E-state index in [2.05, 4.69) is 15.3 Å². The highest BCUT2D eigenvalue weighted by atomic mass is 16.5. The van der Waals surface area contributed by atoms with Crippen molar-refractivity contribution in [1.82, 2.24) is 15.3 Å². The van der Waals surface area contributed by atoms with Gasteiger partial charge in [0.05, 0.1) is 12.2 Å². The van der Waals surface area contributed by atoms with Gasteiger partial charge < -0.3 is 19.8 Å². The van der Waals surface area contributed by atoms with Gasteiger partial charge in [-0.25, -0.2) is 4.98 Å². The highest BCUT2D eigenvalue weighted by molar-refractivity contribution is 4.98. The number of hydrogen-bond acceptors (Lipinski definition) is 4. The van der Waals surface area contributed by atoms with Crippen LogP contribution in [0.15, 0.2) is 12.4 Å². The summed E-state index contributed by atoms with van der Waals surface area (Å²) in [6.07, 6.45) is 6.02. The van der Waals surface area contributed by atoms with E-state index < -0.39 is 0 Å². The Morgan fingerprint density at radius 3 is 3.12 bits per heavy atom. The average molecular weight is 239 g/mol. The van der Waals surface area contributed by atoms with E-state index in [0.717, 1.165) is 31.8 Å². The number of H-pyrrole nitrogens is 1. The zero-order chi connectivity index (χ0) is 12.1. The Hall–Kier alpha value is -0.910. The summed E-state index contributed by atoms with van der Waals surface area (Å²) in [7, 11) is 1.75. The molecule has 3 atom stereocenters. The van der Waals surface area contributed by atoms with Gasteiger partial charge in [-0.3, -0.25) is 0 Å². The molecule has 0 radical (unpaired) electrons. The summed E-state index contributed by atoms with van der Waals surface area (Å²) in [6, 6.07) is 0.409. The molecular formula is C12H21N3O2. The molecule has 1 aromatic rings. The van der Waals surface area contributed by atoms with E-state index in [0.29, 0.717) is 6.04 Å². The predicted octanol–water partition coefficient (Wildman–Crippen LogP) is 0.734. The van der Waals surface area contributed by atoms with Gasteiger partial charge in [0.2, 0.25) is 0 Å². The van der Waals surface area contributed by atoms with Crippen LogP contribution < -0.4 is 5.32 Å². The summed E-state index contributed by atoms with van der Waals surface area (Å²) in [5.74, 6) is 1.02. The van der Waals surface area contributed by atoms with Crippen LogP contribution in [0.2, 0.25) is 0 Å². The molecule has 1 heterocycles. The van der Waals surface area contributed by atoms with Crippen LogP contribution in [0.5, 0.6) is 0 Å². The lowest BCUT2D eigenvalue weighted by Crippen LogP contribution is -2.60. The summed E-state index contributed by atoms with van der Waals surface area (Å²) < 4.78 is 11.0. The van der Waals surface area contributed by atoms with Crippen LogP contribution in [0.25, 0.3) is 0 Å². The second-order valence-corrected chi connectivity index (χ2v) is 4.28. The maximum atomic E-state index is 5.58. The average Bonchev–Trinajstić information content (AvgIpc) is 2.80. The molecule has 0 amide bonds. The number of nitrogens with one attached hydrogen (secondary N) is 2. The van der Waals surface area contributed by atoms with Crippen molar-refractivity contribution < 1.29 is 9.47 Å². The number of rotatable bonds is 7. The zero-order valence-corrected chi connectivity index (χ0v) is 10.5. The molecular weight excluding hydrogens is 218 g/mol. The SMILES string of the molecule is CCOC1CC(NCCc2ncc[nH]2)C1OC. The van der Waals surface area contributed by atoms with Crippen molar-refractivity contribution in [3.8, 4) is 0 Å². The first kappa shape index (κ1) is 12.5. The lowest BCUT2D eigenvalue weighted by molar-refractivity contribution is -0.131. The number of aromatic amines is 1. The topological polar surface area (TPSA) is 59.2 Å². The number of aromatic nitrogens is 2. The van der Waals surface area contributed by atoms with E-state index in [1.807, 2.05) is 13.1 Å². The molecule has 1 saturated carbocycles. The molecule has 96 valence electrons. The lowest BCUT2D eigenvalue weighted by Gasteiger charge is -2.43. The summed E-state index contributed by atoms with van der Waals surface area (Å²) in [5.41, 5.74) is 0. The molecule has 2 N–H and O–H groups in total. The van der Waals surface area contributed by atoms with Crippen LogP contribution in [-0.4, -0.2) is 48.5 Å². The minimum atomic E-state index is 0.187. The molecule has 1 aromatic heterocycles. The summed E-state index contributed by atoms with van der Waals surface area (Å²) >= 11 is 0. The molecule has 17 heavy (non-hydrogen) atoms. The number of nitrogens with zero attached hydrogens (tertiary/aromatic N) is 1. The Balaban J connectivity index is 1.66. The van der Waals surface area contributed by atoms with Crippen LogP contribution in [0.4, 0.5) is 0 Å². The molecule has 0 aliphatic heterocycles. The van der Waals surface area contributed by atoms with Gasteiger partial charge in [0.25, 0.3) is 0 Å². The van der Waals surface area contributed by atoms with Gasteiger partial charge in [-0.15, -0.1) is 0 Å². The van der Waals surface area contributed by atoms with Gasteiger partial charge in [0, 0.05) is 45.1 Å². The Morgan fingerprint density at radius 2 is 2.47 bits per heavy atom. The minimum absolute atomic E-state index is 0.187. The molecule has 2 rings (SSSR count). The largest absolute Gasteiger partial charge is 0.377 e. The fraction of sp³-hybridized carbons (Fsp3) is 0.750. The second-order valence-electron chi connectivity index (χ2n) is 4.28. The molecule has 1 fully saturated rings. The molecule has 3 unspecified atom stereocenters. The first-order chi connectivity index (χ1) is 8.35. The molecule has 1 aliphatic carbocycles. The standard InChI is InChI=1S/C12H21N3O2/c1-3-17-10-8-9(12(10)16-2)13-5-4-11-14-6-7-15-11/h6-7,9-10,12-13H,3-5,8H2,1-2H3,(H,14,15). The van der Waals surface area contributed by atoms with E-state index >= 15 is 0 Å². The van der Waals surface area contributed by atoms with Gasteiger partial charge >= 0.3 is 0 Å². The second kappa shape index (κ2) is 6.14. The third kappa shape index (κ3) is 3.06. The fourth-order valence-electron chi connectivity index (χ4n) is 2.28. The van der Waals surface area contributed by atoms with Gasteiger partial charge in [-0.05, 0) is 13.3 Å². The maximum absolute atomic E-state index is 5.58. The minimum Gasteiger partial charge on any atom is -0.377 e. The molecule has 1 aliphatic rings. The van der Waals surface area contributed by atoms with Crippen LogP contribution in [0, 0.1) is 0 Å². The molecule has 0 spiro atoms. The third-order valence-corrected chi connectivity index (χ3v) is 3.23. The molecule has 0 bridgehead atoms. The molecule has 5 nitrogen and oxygen atoms in total. The molecule has 0 saturated heterocycles. The molecule has 5 heteroatoms. The Bertz CT molecular complexity index is 316. The van der Waals surface area contributed by atoms with E-state index in [-0.39, 0.29) is 12.2 Å². The lowest BCUT2D eigenvalue weighted by atomic mass is 9.85. The van der Waals surface area contributed by atoms with Gasteiger partial charge in [-0.1, -0.05) is 0 Å². The first-order valence-corrected chi connectivity index (χ1v) is 6.21. The van der Waals surface area contributed by atoms with Crippen molar-refractivity contribution in [3.63, 3.8) is 0 Å². The quantitative estimate of drug-likeness (QED) is 0.736. The highest BCUT2D eigenvalue weighted by Gasteiger charge is 2.41. The van der Waals surface area contributed by atoms with Crippen LogP contribution in [0.1, 0.15) is 19.2 Å². The van der Waals surface area contributed by atoms with E-state index in [1.54, 1.807) is 13.3 Å². The van der Waals surface area contributed by atoms with Crippen LogP contribution >= 0.6 is 0 Å². The predicted molar refractivity (Wildman–Crippen MR) is 64.9 cm³/mol. The number of methoxy groups -OCH3 is 1. The smallest absolute Gasteiger partial charge is 0.107 e. The number of hydrogen-bond donors (Lipinski definition) is 2. The summed E-state index contributed by atoms with van der Waals surface area (Å²) in [6.45, 7) is 3.69. The van der Waals surface area contributed by atoms with Gasteiger partial charge in [-0.2, -0.15) is 0 Å². The number of ether oxygens (including phenoxy) is 2. The Morgan fingerprint density at radius 1 is 1.59 bits per heavy atom. The van der Waals surface area contributed by atoms with Crippen molar-refractivity contribution in [3.05, 3.63) is 18.2 Å². The Kier molecular flexibility index (Phi) is 4.53. The van der Waals surface area contributed by atoms with Crippen molar-refractivity contribution >= 4 is 0 Å². The van der Waals surface area contributed by atoms with Crippen LogP contribution in [-0.2, 0) is 15.9 Å².